The minimum atomic E-state index is 0.0839. The Balaban J connectivity index is 1.45. The Morgan fingerprint density at radius 2 is 1.59 bits per heavy atom. The van der Waals surface area contributed by atoms with E-state index in [4.69, 9.17) is 4.98 Å². The third kappa shape index (κ3) is 3.93. The lowest BCUT2D eigenvalue weighted by atomic mass is 10.1. The van der Waals surface area contributed by atoms with Gasteiger partial charge in [0.05, 0.1) is 11.3 Å². The van der Waals surface area contributed by atoms with E-state index in [-0.39, 0.29) is 5.91 Å². The molecule has 0 bridgehead atoms. The van der Waals surface area contributed by atoms with E-state index in [1.807, 2.05) is 32.7 Å². The second kappa shape index (κ2) is 8.00. The fraction of sp³-hybridized carbons (Fsp3) is 0.619. The van der Waals surface area contributed by atoms with Crippen molar-refractivity contribution in [2.75, 3.05) is 49.1 Å². The van der Waals surface area contributed by atoms with Crippen molar-refractivity contribution in [2.45, 2.75) is 40.0 Å². The van der Waals surface area contributed by atoms with Gasteiger partial charge < -0.3 is 14.7 Å². The van der Waals surface area contributed by atoms with Gasteiger partial charge >= 0.3 is 0 Å². The fourth-order valence-electron chi connectivity index (χ4n) is 4.31. The number of piperazine rings is 1. The summed E-state index contributed by atoms with van der Waals surface area (Å²) < 4.78 is 1.78. The van der Waals surface area contributed by atoms with E-state index in [2.05, 4.69) is 25.9 Å². The van der Waals surface area contributed by atoms with Crippen LogP contribution >= 0.6 is 0 Å². The predicted molar refractivity (Wildman–Crippen MR) is 114 cm³/mol. The van der Waals surface area contributed by atoms with Gasteiger partial charge in [0.25, 0.3) is 5.91 Å². The van der Waals surface area contributed by atoms with E-state index in [0.29, 0.717) is 13.1 Å². The largest absolute Gasteiger partial charge is 0.353 e. The summed E-state index contributed by atoms with van der Waals surface area (Å²) in [5.74, 6) is 1.90. The van der Waals surface area contributed by atoms with E-state index in [1.54, 1.807) is 4.68 Å². The van der Waals surface area contributed by atoms with Crippen LogP contribution in [0.5, 0.6) is 0 Å². The highest BCUT2D eigenvalue weighted by atomic mass is 16.2. The lowest BCUT2D eigenvalue weighted by Gasteiger charge is -2.36. The average molecular weight is 398 g/mol. The first kappa shape index (κ1) is 19.7. The first-order valence-electron chi connectivity index (χ1n) is 10.6. The van der Waals surface area contributed by atoms with Crippen molar-refractivity contribution >= 4 is 17.7 Å². The minimum absolute atomic E-state index is 0.0839. The van der Waals surface area contributed by atoms with Crippen LogP contribution in [-0.4, -0.2) is 69.8 Å². The third-order valence-electron chi connectivity index (χ3n) is 6.08. The first-order chi connectivity index (χ1) is 13.9. The summed E-state index contributed by atoms with van der Waals surface area (Å²) in [6, 6.07) is 2.06. The van der Waals surface area contributed by atoms with E-state index >= 15 is 0 Å². The predicted octanol–water partition coefficient (Wildman–Crippen LogP) is 2.09. The molecule has 8 heteroatoms. The number of carbonyl (C=O) groups excluding carboxylic acids is 1. The first-order valence-corrected chi connectivity index (χ1v) is 10.6. The molecule has 29 heavy (non-hydrogen) atoms. The third-order valence-corrected chi connectivity index (χ3v) is 6.08. The summed E-state index contributed by atoms with van der Waals surface area (Å²) in [4.78, 5) is 29.1. The quantitative estimate of drug-likeness (QED) is 0.790. The van der Waals surface area contributed by atoms with Crippen molar-refractivity contribution < 1.29 is 4.79 Å². The summed E-state index contributed by atoms with van der Waals surface area (Å²) in [6.07, 6.45) is 3.71. The van der Waals surface area contributed by atoms with Gasteiger partial charge in [-0.25, -0.2) is 4.98 Å². The molecule has 4 heterocycles. The second-order valence-electron chi connectivity index (χ2n) is 8.16. The zero-order chi connectivity index (χ0) is 20.5. The highest BCUT2D eigenvalue weighted by Crippen LogP contribution is 2.22. The van der Waals surface area contributed by atoms with Gasteiger partial charge in [-0.3, -0.25) is 9.48 Å². The number of amides is 1. The zero-order valence-corrected chi connectivity index (χ0v) is 18.0. The molecule has 0 spiro atoms. The van der Waals surface area contributed by atoms with E-state index in [0.717, 1.165) is 60.6 Å². The normalized spacial score (nSPS) is 17.7. The number of aromatic nitrogens is 4. The van der Waals surface area contributed by atoms with E-state index in [9.17, 15) is 4.79 Å². The van der Waals surface area contributed by atoms with Crippen LogP contribution in [0.3, 0.4) is 0 Å². The number of piperidine rings is 1. The molecule has 2 aliphatic heterocycles. The van der Waals surface area contributed by atoms with Crippen LogP contribution in [0.15, 0.2) is 6.07 Å². The molecule has 0 N–H and O–H groups in total. The Bertz CT molecular complexity index is 893. The van der Waals surface area contributed by atoms with Gasteiger partial charge in [-0.1, -0.05) is 0 Å². The molecular weight excluding hydrogens is 366 g/mol. The minimum Gasteiger partial charge on any atom is -0.353 e. The number of rotatable bonds is 3. The Hall–Kier alpha value is -2.64. The monoisotopic (exact) mass is 397 g/mol. The Kier molecular flexibility index (Phi) is 5.43. The van der Waals surface area contributed by atoms with Gasteiger partial charge in [-0.05, 0) is 40.0 Å². The number of nitrogens with zero attached hydrogens (tertiary/aromatic N) is 7. The Morgan fingerprint density at radius 3 is 2.21 bits per heavy atom. The molecule has 2 aromatic rings. The topological polar surface area (TPSA) is 70.4 Å². The number of aryl methyl sites for hydroxylation is 3. The highest BCUT2D eigenvalue weighted by molar-refractivity contribution is 5.96. The van der Waals surface area contributed by atoms with Crippen LogP contribution in [0.2, 0.25) is 0 Å². The van der Waals surface area contributed by atoms with Crippen LogP contribution in [0, 0.1) is 20.8 Å². The highest BCUT2D eigenvalue weighted by Gasteiger charge is 2.27. The summed E-state index contributed by atoms with van der Waals surface area (Å²) in [5, 5.41) is 4.39. The van der Waals surface area contributed by atoms with Crippen molar-refractivity contribution in [3.05, 3.63) is 28.7 Å². The molecule has 0 unspecified atom stereocenters. The SMILES string of the molecule is Cc1cc(N2CCN(C(=O)c3c(C)nn(C)c3C)CC2)nc(N2CCCCC2)n1. The number of carbonyl (C=O) groups is 1. The lowest BCUT2D eigenvalue weighted by Crippen LogP contribution is -2.49. The van der Waals surface area contributed by atoms with Crippen molar-refractivity contribution in [3.8, 4) is 0 Å². The summed E-state index contributed by atoms with van der Waals surface area (Å²) in [6.45, 7) is 10.9. The van der Waals surface area contributed by atoms with Crippen molar-refractivity contribution in [1.29, 1.82) is 0 Å². The fourth-order valence-corrected chi connectivity index (χ4v) is 4.31. The molecule has 2 saturated heterocycles. The van der Waals surface area contributed by atoms with Gasteiger partial charge in [0, 0.05) is 63.8 Å². The molecule has 4 rings (SSSR count). The Morgan fingerprint density at radius 1 is 0.897 bits per heavy atom. The molecule has 2 aromatic heterocycles. The van der Waals surface area contributed by atoms with Crippen LogP contribution in [0.1, 0.15) is 46.7 Å². The van der Waals surface area contributed by atoms with Crippen molar-refractivity contribution in [2.24, 2.45) is 7.05 Å². The lowest BCUT2D eigenvalue weighted by molar-refractivity contribution is 0.0745. The molecule has 1 amide bonds. The standard InChI is InChI=1S/C21H31N7O/c1-15-14-18(23-21(22-15)28-8-6-5-7-9-28)26-10-12-27(13-11-26)20(29)19-16(2)24-25(4)17(19)3/h14H,5-13H2,1-4H3. The average Bonchev–Trinajstić information content (AvgIpc) is 2.99. The molecule has 0 radical (unpaired) electrons. The van der Waals surface area contributed by atoms with Crippen LogP contribution in [0.25, 0.3) is 0 Å². The number of anilines is 2. The molecule has 0 aliphatic carbocycles. The molecule has 0 aromatic carbocycles. The second-order valence-corrected chi connectivity index (χ2v) is 8.16. The van der Waals surface area contributed by atoms with Crippen molar-refractivity contribution in [1.82, 2.24) is 24.6 Å². The molecule has 0 saturated carbocycles. The molecule has 2 fully saturated rings. The zero-order valence-electron chi connectivity index (χ0n) is 18.0. The molecule has 2 aliphatic rings. The van der Waals surface area contributed by atoms with Gasteiger partial charge in [-0.15, -0.1) is 0 Å². The molecule has 8 nitrogen and oxygen atoms in total. The van der Waals surface area contributed by atoms with Crippen LogP contribution < -0.4 is 9.80 Å². The smallest absolute Gasteiger partial charge is 0.257 e. The number of hydrogen-bond donors (Lipinski definition) is 0. The maximum Gasteiger partial charge on any atom is 0.257 e. The maximum absolute atomic E-state index is 13.0. The van der Waals surface area contributed by atoms with Gasteiger partial charge in [0.1, 0.15) is 5.82 Å². The number of hydrogen-bond acceptors (Lipinski definition) is 6. The van der Waals surface area contributed by atoms with Crippen LogP contribution in [-0.2, 0) is 7.05 Å². The van der Waals surface area contributed by atoms with Crippen LogP contribution in [0.4, 0.5) is 11.8 Å². The molecule has 156 valence electrons. The van der Waals surface area contributed by atoms with Crippen molar-refractivity contribution in [3.63, 3.8) is 0 Å². The molecular formula is C21H31N7O. The van der Waals surface area contributed by atoms with Gasteiger partial charge in [0.15, 0.2) is 0 Å². The van der Waals surface area contributed by atoms with Gasteiger partial charge in [-0.2, -0.15) is 10.1 Å². The van der Waals surface area contributed by atoms with E-state index < -0.39 is 0 Å². The van der Waals surface area contributed by atoms with Gasteiger partial charge in [0.2, 0.25) is 5.95 Å². The summed E-state index contributed by atoms with van der Waals surface area (Å²) in [7, 11) is 1.88. The summed E-state index contributed by atoms with van der Waals surface area (Å²) >= 11 is 0. The Labute approximate surface area is 172 Å². The van der Waals surface area contributed by atoms with E-state index in [1.165, 1.54) is 19.3 Å². The summed E-state index contributed by atoms with van der Waals surface area (Å²) in [5.41, 5.74) is 3.46. The molecule has 0 atom stereocenters. The maximum atomic E-state index is 13.0.